The molecule has 0 fully saturated rings. The van der Waals surface area contributed by atoms with Gasteiger partial charge in [-0.1, -0.05) is 44.2 Å². The van der Waals surface area contributed by atoms with Crippen LogP contribution in [0.3, 0.4) is 0 Å². The molecule has 4 N–H and O–H groups in total. The molecule has 4 rings (SSSR count). The van der Waals surface area contributed by atoms with Crippen LogP contribution in [0.25, 0.3) is 28.5 Å². The second kappa shape index (κ2) is 13.2. The first-order chi connectivity index (χ1) is 20.6. The first-order valence-corrected chi connectivity index (χ1v) is 17.4. The van der Waals surface area contributed by atoms with Gasteiger partial charge in [0.1, 0.15) is 5.82 Å². The number of rotatable bonds is 11. The van der Waals surface area contributed by atoms with Gasteiger partial charge in [0, 0.05) is 17.5 Å². The van der Waals surface area contributed by atoms with Gasteiger partial charge >= 0.3 is 5.97 Å². The standard InChI is InChI=1S/C31H35FN2O8S2/c1-18(2)30-26(14-12-22(35)15-23(36)16-28(37)38)29(20-7-10-21(32)11-8-20)25-6-4-5-19-9-13-24(17-27(19)31(25)33-30)44(41,42)34-43(3,39)40/h7-14,17-18,22-23,34-36H,4-6,15-16H2,1-3H3,(H,37,38)/t22-,23-/m1/s1. The van der Waals surface area contributed by atoms with Gasteiger partial charge < -0.3 is 15.3 Å². The molecule has 1 aliphatic rings. The fraction of sp³-hybridized carbons (Fsp3) is 0.355. The summed E-state index contributed by atoms with van der Waals surface area (Å²) in [6, 6.07) is 10.3. The third-order valence-electron chi connectivity index (χ3n) is 7.23. The molecule has 1 heterocycles. The van der Waals surface area contributed by atoms with Gasteiger partial charge in [0.25, 0.3) is 10.0 Å². The molecular weight excluding hydrogens is 611 g/mol. The molecule has 0 amide bonds. The Morgan fingerprint density at radius 1 is 1.07 bits per heavy atom. The number of carboxylic acids is 1. The first-order valence-electron chi connectivity index (χ1n) is 14.0. The summed E-state index contributed by atoms with van der Waals surface area (Å²) in [6.45, 7) is 3.84. The predicted octanol–water partition coefficient (Wildman–Crippen LogP) is 4.00. The number of pyridine rings is 1. The van der Waals surface area contributed by atoms with Crippen molar-refractivity contribution in [1.82, 2.24) is 9.11 Å². The van der Waals surface area contributed by atoms with Crippen LogP contribution in [0.2, 0.25) is 0 Å². The molecule has 1 aliphatic carbocycles. The number of benzene rings is 2. The Morgan fingerprint density at radius 3 is 2.36 bits per heavy atom. The fourth-order valence-electron chi connectivity index (χ4n) is 5.39. The number of aliphatic hydroxyl groups excluding tert-OH is 2. The number of aliphatic hydroxyl groups is 2. The highest BCUT2D eigenvalue weighted by Crippen LogP contribution is 2.42. The summed E-state index contributed by atoms with van der Waals surface area (Å²) in [5, 5.41) is 29.6. The van der Waals surface area contributed by atoms with Crippen LogP contribution in [0.5, 0.6) is 0 Å². The van der Waals surface area contributed by atoms with E-state index in [1.165, 1.54) is 30.3 Å². The van der Waals surface area contributed by atoms with Gasteiger partial charge in [-0.15, -0.1) is 4.13 Å². The highest BCUT2D eigenvalue weighted by atomic mass is 32.3. The number of aliphatic carboxylic acids is 1. The summed E-state index contributed by atoms with van der Waals surface area (Å²) in [7, 11) is -8.48. The van der Waals surface area contributed by atoms with Crippen LogP contribution in [-0.2, 0) is 37.7 Å². The Hall–Kier alpha value is -3.49. The number of halogens is 1. The number of aromatic nitrogens is 1. The molecule has 10 nitrogen and oxygen atoms in total. The van der Waals surface area contributed by atoms with E-state index < -0.39 is 50.5 Å². The lowest BCUT2D eigenvalue weighted by atomic mass is 9.86. The number of carbonyl (C=O) groups is 1. The van der Waals surface area contributed by atoms with Crippen LogP contribution in [0.4, 0.5) is 4.39 Å². The van der Waals surface area contributed by atoms with Gasteiger partial charge in [-0.2, -0.15) is 0 Å². The summed E-state index contributed by atoms with van der Waals surface area (Å²) in [4.78, 5) is 15.7. The number of aryl methyl sites for hydroxylation is 1. The normalized spacial score (nSPS) is 15.1. The fourth-order valence-corrected chi connectivity index (χ4v) is 7.89. The monoisotopic (exact) mass is 646 g/mol. The molecule has 0 unspecified atom stereocenters. The van der Waals surface area contributed by atoms with Crippen molar-refractivity contribution < 1.29 is 41.3 Å². The maximum atomic E-state index is 14.0. The molecule has 44 heavy (non-hydrogen) atoms. The van der Waals surface area contributed by atoms with E-state index in [9.17, 15) is 36.2 Å². The Morgan fingerprint density at radius 2 is 1.75 bits per heavy atom. The number of hydrogen-bond acceptors (Lipinski definition) is 8. The second-order valence-electron chi connectivity index (χ2n) is 11.2. The average molecular weight is 647 g/mol. The number of sulfonamides is 2. The lowest BCUT2D eigenvalue weighted by molar-refractivity contribution is -0.139. The highest BCUT2D eigenvalue weighted by Gasteiger charge is 2.28. The lowest BCUT2D eigenvalue weighted by Crippen LogP contribution is -2.29. The maximum Gasteiger partial charge on any atom is 0.305 e. The van der Waals surface area contributed by atoms with Gasteiger partial charge in [0.15, 0.2) is 0 Å². The number of fused-ring (bicyclic) bond motifs is 3. The second-order valence-corrected chi connectivity index (χ2v) is 14.9. The van der Waals surface area contributed by atoms with Gasteiger partial charge in [0.2, 0.25) is 10.0 Å². The molecule has 13 heteroatoms. The van der Waals surface area contributed by atoms with Crippen LogP contribution < -0.4 is 4.13 Å². The third-order valence-corrected chi connectivity index (χ3v) is 10.2. The molecule has 236 valence electrons. The Bertz CT molecular complexity index is 1800. The summed E-state index contributed by atoms with van der Waals surface area (Å²) in [5.74, 6) is -1.79. The zero-order chi connectivity index (χ0) is 32.4. The zero-order valence-corrected chi connectivity index (χ0v) is 26.1. The quantitative estimate of drug-likeness (QED) is 0.240. The number of carboxylic acid groups (broad SMARTS) is 1. The van der Waals surface area contributed by atoms with Gasteiger partial charge in [-0.25, -0.2) is 21.2 Å². The van der Waals surface area contributed by atoms with Gasteiger partial charge in [0.05, 0.1) is 41.2 Å². The van der Waals surface area contributed by atoms with Crippen molar-refractivity contribution in [3.63, 3.8) is 0 Å². The van der Waals surface area contributed by atoms with E-state index in [1.807, 2.05) is 13.8 Å². The van der Waals surface area contributed by atoms with Crippen LogP contribution in [0, 0.1) is 5.82 Å². The minimum atomic E-state index is -4.41. The molecule has 1 aromatic heterocycles. The van der Waals surface area contributed by atoms with E-state index in [-0.39, 0.29) is 17.2 Å². The van der Waals surface area contributed by atoms with E-state index >= 15 is 0 Å². The molecular formula is C31H35FN2O8S2. The molecule has 0 saturated carbocycles. The zero-order valence-electron chi connectivity index (χ0n) is 24.5. The van der Waals surface area contributed by atoms with Crippen LogP contribution in [-0.4, -0.2) is 61.6 Å². The highest BCUT2D eigenvalue weighted by molar-refractivity contribution is 8.04. The lowest BCUT2D eigenvalue weighted by Gasteiger charge is -2.22. The van der Waals surface area contributed by atoms with Gasteiger partial charge in [-0.3, -0.25) is 9.78 Å². The summed E-state index contributed by atoms with van der Waals surface area (Å²) < 4.78 is 65.1. The largest absolute Gasteiger partial charge is 0.481 e. The molecule has 0 spiro atoms. The Labute approximate surface area is 256 Å². The van der Waals surface area contributed by atoms with Crippen molar-refractivity contribution in [3.05, 3.63) is 76.7 Å². The van der Waals surface area contributed by atoms with Crippen LogP contribution >= 0.6 is 0 Å². The van der Waals surface area contributed by atoms with E-state index in [1.54, 1.807) is 28.4 Å². The minimum Gasteiger partial charge on any atom is -0.481 e. The molecule has 0 bridgehead atoms. The molecule has 0 aliphatic heterocycles. The SMILES string of the molecule is CC(C)c1nc2c(c(-c3ccc(F)cc3)c1C=C[C@@H](O)C[C@@H](O)CC(=O)O)CCCc1ccc(S(=O)(=O)NS(C)(=O)=O)cc1-2. The van der Waals surface area contributed by atoms with Crippen molar-refractivity contribution in [2.75, 3.05) is 6.26 Å². The molecule has 0 saturated heterocycles. The van der Waals surface area contributed by atoms with E-state index in [4.69, 9.17) is 10.1 Å². The smallest absolute Gasteiger partial charge is 0.305 e. The number of hydrogen-bond donors (Lipinski definition) is 4. The Balaban J connectivity index is 1.96. The Kier molecular flexibility index (Phi) is 10.1. The minimum absolute atomic E-state index is 0.167. The molecule has 3 aromatic rings. The van der Waals surface area contributed by atoms with E-state index in [0.717, 1.165) is 17.4 Å². The predicted molar refractivity (Wildman–Crippen MR) is 164 cm³/mol. The third kappa shape index (κ3) is 7.96. The van der Waals surface area contributed by atoms with E-state index in [2.05, 4.69) is 0 Å². The topological polar surface area (TPSA) is 171 Å². The van der Waals surface area contributed by atoms with Crippen molar-refractivity contribution in [2.24, 2.45) is 0 Å². The van der Waals surface area contributed by atoms with E-state index in [0.29, 0.717) is 52.9 Å². The maximum absolute atomic E-state index is 14.0. The van der Waals surface area contributed by atoms with Crippen LogP contribution in [0.1, 0.15) is 61.4 Å². The summed E-state index contributed by atoms with van der Waals surface area (Å²) in [6.07, 6.45) is 2.56. The van der Waals surface area contributed by atoms with Crippen molar-refractivity contribution in [2.45, 2.75) is 69.0 Å². The summed E-state index contributed by atoms with van der Waals surface area (Å²) >= 11 is 0. The van der Waals surface area contributed by atoms with Crippen molar-refractivity contribution >= 4 is 32.1 Å². The van der Waals surface area contributed by atoms with Crippen molar-refractivity contribution in [3.8, 4) is 22.4 Å². The first kappa shape index (κ1) is 33.4. The summed E-state index contributed by atoms with van der Waals surface area (Å²) in [5.41, 5.74) is 5.28. The molecule has 0 radical (unpaired) electrons. The molecule has 2 atom stereocenters. The number of nitrogens with zero attached hydrogens (tertiary/aromatic N) is 1. The van der Waals surface area contributed by atoms with Gasteiger partial charge in [-0.05, 0) is 71.7 Å². The van der Waals surface area contributed by atoms with Crippen LogP contribution in [0.15, 0.2) is 53.4 Å². The van der Waals surface area contributed by atoms with Crippen molar-refractivity contribution in [1.29, 1.82) is 0 Å². The molecule has 2 aromatic carbocycles. The average Bonchev–Trinajstić information content (AvgIpc) is 3.08. The number of nitrogens with one attached hydrogen (secondary N) is 1.